The van der Waals surface area contributed by atoms with Crippen molar-refractivity contribution in [1.29, 1.82) is 0 Å². The summed E-state index contributed by atoms with van der Waals surface area (Å²) in [5, 5.41) is 0. The molecule has 0 radical (unpaired) electrons. The summed E-state index contributed by atoms with van der Waals surface area (Å²) in [6, 6.07) is 10.6. The van der Waals surface area contributed by atoms with Crippen LogP contribution in [0.1, 0.15) is 18.9 Å². The maximum absolute atomic E-state index is 5.54. The predicted octanol–water partition coefficient (Wildman–Crippen LogP) is 2.21. The van der Waals surface area contributed by atoms with E-state index in [4.69, 9.17) is 5.73 Å². The van der Waals surface area contributed by atoms with Gasteiger partial charge in [-0.1, -0.05) is 37.3 Å². The molecule has 0 fully saturated rings. The first kappa shape index (κ1) is 9.27. The molecule has 1 aromatic carbocycles. The summed E-state index contributed by atoms with van der Waals surface area (Å²) in [6.45, 7) is 3.00. The van der Waals surface area contributed by atoms with Crippen molar-refractivity contribution in [3.05, 3.63) is 35.9 Å². The van der Waals surface area contributed by atoms with Gasteiger partial charge >= 0.3 is 0 Å². The Morgan fingerprint density at radius 1 is 1.25 bits per heavy atom. The normalized spacial score (nSPS) is 12.8. The zero-order valence-corrected chi connectivity index (χ0v) is 7.66. The summed E-state index contributed by atoms with van der Waals surface area (Å²) in [5.74, 6) is 0.644. The van der Waals surface area contributed by atoms with Crippen molar-refractivity contribution in [3.63, 3.8) is 0 Å². The number of rotatable bonds is 4. The SMILES string of the molecule is CC(CN)CCc1ccccc1. The van der Waals surface area contributed by atoms with Crippen LogP contribution in [0, 0.1) is 5.92 Å². The van der Waals surface area contributed by atoms with Crippen LogP contribution in [-0.4, -0.2) is 6.54 Å². The molecule has 1 rings (SSSR count). The predicted molar refractivity (Wildman–Crippen MR) is 53.0 cm³/mol. The number of hydrogen-bond donors (Lipinski definition) is 1. The topological polar surface area (TPSA) is 26.0 Å². The Balaban J connectivity index is 2.33. The summed E-state index contributed by atoms with van der Waals surface area (Å²) in [5.41, 5.74) is 6.95. The van der Waals surface area contributed by atoms with E-state index >= 15 is 0 Å². The first-order valence-electron chi connectivity index (χ1n) is 4.57. The van der Waals surface area contributed by atoms with Gasteiger partial charge in [-0.3, -0.25) is 0 Å². The van der Waals surface area contributed by atoms with Gasteiger partial charge in [0.1, 0.15) is 0 Å². The highest BCUT2D eigenvalue weighted by molar-refractivity contribution is 5.14. The molecule has 1 heteroatoms. The second kappa shape index (κ2) is 4.94. The standard InChI is InChI=1S/C11H17N/c1-10(9-12)7-8-11-5-3-2-4-6-11/h2-6,10H,7-9,12H2,1H3. The van der Waals surface area contributed by atoms with Gasteiger partial charge in [0.05, 0.1) is 0 Å². The molecule has 0 saturated carbocycles. The van der Waals surface area contributed by atoms with Gasteiger partial charge in [0, 0.05) is 0 Å². The third kappa shape index (κ3) is 3.05. The second-order valence-corrected chi connectivity index (χ2v) is 3.37. The molecule has 12 heavy (non-hydrogen) atoms. The third-order valence-electron chi connectivity index (χ3n) is 2.17. The van der Waals surface area contributed by atoms with E-state index in [1.54, 1.807) is 0 Å². The molecular formula is C11H17N. The number of aryl methyl sites for hydroxylation is 1. The molecule has 0 saturated heterocycles. The number of benzene rings is 1. The molecule has 0 aliphatic rings. The number of nitrogens with two attached hydrogens (primary N) is 1. The van der Waals surface area contributed by atoms with Crippen LogP contribution in [-0.2, 0) is 6.42 Å². The fourth-order valence-corrected chi connectivity index (χ4v) is 1.18. The molecule has 2 N–H and O–H groups in total. The molecule has 66 valence electrons. The quantitative estimate of drug-likeness (QED) is 0.723. The van der Waals surface area contributed by atoms with Gasteiger partial charge in [-0.05, 0) is 30.9 Å². The lowest BCUT2D eigenvalue weighted by Gasteiger charge is -2.07. The largest absolute Gasteiger partial charge is 0.330 e. The van der Waals surface area contributed by atoms with Gasteiger partial charge in [0.2, 0.25) is 0 Å². The van der Waals surface area contributed by atoms with Crippen LogP contribution in [0.4, 0.5) is 0 Å². The molecule has 0 amide bonds. The minimum Gasteiger partial charge on any atom is -0.330 e. The molecule has 0 bridgehead atoms. The molecule has 1 aromatic rings. The van der Waals surface area contributed by atoms with Crippen LogP contribution in [0.2, 0.25) is 0 Å². The van der Waals surface area contributed by atoms with Crippen molar-refractivity contribution in [2.75, 3.05) is 6.54 Å². The van der Waals surface area contributed by atoms with E-state index in [1.165, 1.54) is 12.0 Å². The lowest BCUT2D eigenvalue weighted by molar-refractivity contribution is 0.544. The van der Waals surface area contributed by atoms with Crippen LogP contribution >= 0.6 is 0 Å². The van der Waals surface area contributed by atoms with E-state index in [0.29, 0.717) is 5.92 Å². The van der Waals surface area contributed by atoms with Crippen LogP contribution in [0.5, 0.6) is 0 Å². The fourth-order valence-electron chi connectivity index (χ4n) is 1.18. The minimum atomic E-state index is 0.644. The Labute approximate surface area is 74.6 Å². The van der Waals surface area contributed by atoms with E-state index in [2.05, 4.69) is 37.3 Å². The van der Waals surface area contributed by atoms with Crippen molar-refractivity contribution in [1.82, 2.24) is 0 Å². The molecule has 0 aromatic heterocycles. The van der Waals surface area contributed by atoms with Crippen molar-refractivity contribution < 1.29 is 0 Å². The van der Waals surface area contributed by atoms with E-state index < -0.39 is 0 Å². The lowest BCUT2D eigenvalue weighted by atomic mass is 10.0. The molecular weight excluding hydrogens is 146 g/mol. The summed E-state index contributed by atoms with van der Waals surface area (Å²) in [7, 11) is 0. The van der Waals surface area contributed by atoms with Gasteiger partial charge in [0.15, 0.2) is 0 Å². The smallest absolute Gasteiger partial charge is 0.00514 e. The molecule has 1 nitrogen and oxygen atoms in total. The monoisotopic (exact) mass is 163 g/mol. The first-order valence-corrected chi connectivity index (χ1v) is 4.57. The highest BCUT2D eigenvalue weighted by Gasteiger charge is 1.98. The Bertz CT molecular complexity index is 206. The average molecular weight is 163 g/mol. The zero-order valence-electron chi connectivity index (χ0n) is 7.66. The van der Waals surface area contributed by atoms with Crippen molar-refractivity contribution in [2.24, 2.45) is 11.7 Å². The average Bonchev–Trinajstić information content (AvgIpc) is 2.16. The Hall–Kier alpha value is -0.820. The molecule has 1 atom stereocenters. The van der Waals surface area contributed by atoms with Crippen molar-refractivity contribution in [3.8, 4) is 0 Å². The fraction of sp³-hybridized carbons (Fsp3) is 0.455. The van der Waals surface area contributed by atoms with Crippen molar-refractivity contribution in [2.45, 2.75) is 19.8 Å². The van der Waals surface area contributed by atoms with Crippen LogP contribution in [0.15, 0.2) is 30.3 Å². The van der Waals surface area contributed by atoms with Crippen molar-refractivity contribution >= 4 is 0 Å². The Morgan fingerprint density at radius 3 is 2.50 bits per heavy atom. The minimum absolute atomic E-state index is 0.644. The van der Waals surface area contributed by atoms with E-state index in [0.717, 1.165) is 13.0 Å². The highest BCUT2D eigenvalue weighted by atomic mass is 14.5. The molecule has 0 heterocycles. The van der Waals surface area contributed by atoms with Crippen LogP contribution in [0.25, 0.3) is 0 Å². The molecule has 1 unspecified atom stereocenters. The summed E-state index contributed by atoms with van der Waals surface area (Å²) < 4.78 is 0. The summed E-state index contributed by atoms with van der Waals surface area (Å²) >= 11 is 0. The number of hydrogen-bond acceptors (Lipinski definition) is 1. The first-order chi connectivity index (χ1) is 5.83. The maximum Gasteiger partial charge on any atom is -0.00514 e. The highest BCUT2D eigenvalue weighted by Crippen LogP contribution is 2.07. The molecule has 0 spiro atoms. The third-order valence-corrected chi connectivity index (χ3v) is 2.17. The van der Waals surface area contributed by atoms with Gasteiger partial charge in [-0.25, -0.2) is 0 Å². The molecule has 0 aliphatic carbocycles. The summed E-state index contributed by atoms with van der Waals surface area (Å²) in [4.78, 5) is 0. The van der Waals surface area contributed by atoms with Gasteiger partial charge in [-0.2, -0.15) is 0 Å². The van der Waals surface area contributed by atoms with Gasteiger partial charge in [-0.15, -0.1) is 0 Å². The maximum atomic E-state index is 5.54. The van der Waals surface area contributed by atoms with E-state index in [1.807, 2.05) is 0 Å². The molecule has 0 aliphatic heterocycles. The van der Waals surface area contributed by atoms with E-state index in [-0.39, 0.29) is 0 Å². The lowest BCUT2D eigenvalue weighted by Crippen LogP contribution is -2.11. The van der Waals surface area contributed by atoms with E-state index in [9.17, 15) is 0 Å². The van der Waals surface area contributed by atoms with Crippen LogP contribution < -0.4 is 5.73 Å². The second-order valence-electron chi connectivity index (χ2n) is 3.37. The van der Waals surface area contributed by atoms with Gasteiger partial charge in [0.25, 0.3) is 0 Å². The Kier molecular flexibility index (Phi) is 3.81. The van der Waals surface area contributed by atoms with Crippen LogP contribution in [0.3, 0.4) is 0 Å². The summed E-state index contributed by atoms with van der Waals surface area (Å²) in [6.07, 6.45) is 2.35. The Morgan fingerprint density at radius 2 is 1.92 bits per heavy atom. The van der Waals surface area contributed by atoms with Gasteiger partial charge < -0.3 is 5.73 Å². The zero-order chi connectivity index (χ0) is 8.81.